The highest BCUT2D eigenvalue weighted by atomic mass is 16.5. The summed E-state index contributed by atoms with van der Waals surface area (Å²) in [6.45, 7) is 1.67. The number of rotatable bonds is 2. The first-order chi connectivity index (χ1) is 9.15. The molecular formula is C12H10N4O3. The van der Waals surface area contributed by atoms with Gasteiger partial charge in [-0.2, -0.15) is 10.1 Å². The van der Waals surface area contributed by atoms with E-state index < -0.39 is 0 Å². The standard InChI is InChI=1S/C12H10N4O3/c1-7-13-11(6-10-14-15-12(18)16(7)10)19-9-5-3-2-4-8(9)17/h2-6,17H,1H3,(H,15,18). The molecule has 0 fully saturated rings. The van der Waals surface area contributed by atoms with Crippen molar-refractivity contribution in [1.82, 2.24) is 19.6 Å². The molecule has 0 radical (unpaired) electrons. The van der Waals surface area contributed by atoms with Gasteiger partial charge < -0.3 is 9.84 Å². The molecule has 2 aromatic heterocycles. The Balaban J connectivity index is 2.07. The maximum atomic E-state index is 11.4. The van der Waals surface area contributed by atoms with Gasteiger partial charge >= 0.3 is 5.69 Å². The van der Waals surface area contributed by atoms with Crippen molar-refractivity contribution in [3.63, 3.8) is 0 Å². The summed E-state index contributed by atoms with van der Waals surface area (Å²) >= 11 is 0. The van der Waals surface area contributed by atoms with E-state index in [1.165, 1.54) is 16.5 Å². The van der Waals surface area contributed by atoms with Crippen LogP contribution in [0.25, 0.3) is 5.65 Å². The molecule has 1 aromatic carbocycles. The number of phenols is 1. The van der Waals surface area contributed by atoms with Crippen LogP contribution in [0.4, 0.5) is 0 Å². The topological polar surface area (TPSA) is 92.5 Å². The number of hydrogen-bond acceptors (Lipinski definition) is 5. The molecule has 0 amide bonds. The first kappa shape index (κ1) is 11.3. The minimum absolute atomic E-state index is 0.0150. The number of nitrogens with one attached hydrogen (secondary N) is 1. The van der Waals surface area contributed by atoms with Crippen LogP contribution in [0, 0.1) is 6.92 Å². The number of nitrogens with zero attached hydrogens (tertiary/aromatic N) is 3. The minimum atomic E-state index is -0.353. The zero-order chi connectivity index (χ0) is 13.4. The summed E-state index contributed by atoms with van der Waals surface area (Å²) in [6, 6.07) is 8.07. The molecule has 0 bridgehead atoms. The molecule has 0 atom stereocenters. The summed E-state index contributed by atoms with van der Waals surface area (Å²) in [6.07, 6.45) is 0. The summed E-state index contributed by atoms with van der Waals surface area (Å²) in [5, 5.41) is 15.8. The van der Waals surface area contributed by atoms with Crippen LogP contribution in [-0.4, -0.2) is 24.7 Å². The van der Waals surface area contributed by atoms with Gasteiger partial charge in [0, 0.05) is 6.07 Å². The maximum Gasteiger partial charge on any atom is 0.349 e. The molecule has 7 nitrogen and oxygen atoms in total. The van der Waals surface area contributed by atoms with Crippen molar-refractivity contribution in [1.29, 1.82) is 0 Å². The van der Waals surface area contributed by atoms with Crippen molar-refractivity contribution >= 4 is 5.65 Å². The van der Waals surface area contributed by atoms with Crippen molar-refractivity contribution in [2.24, 2.45) is 0 Å². The van der Waals surface area contributed by atoms with E-state index in [0.29, 0.717) is 11.5 Å². The van der Waals surface area contributed by atoms with Gasteiger partial charge in [-0.1, -0.05) is 12.1 Å². The number of aryl methyl sites for hydroxylation is 1. The van der Waals surface area contributed by atoms with E-state index in [1.807, 2.05) is 0 Å². The molecule has 0 aliphatic rings. The van der Waals surface area contributed by atoms with Crippen LogP contribution >= 0.6 is 0 Å². The number of aromatic nitrogens is 4. The molecule has 0 aliphatic heterocycles. The van der Waals surface area contributed by atoms with Gasteiger partial charge in [0.2, 0.25) is 5.88 Å². The Morgan fingerprint density at radius 1 is 1.37 bits per heavy atom. The Bertz CT molecular complexity index is 806. The number of benzene rings is 1. The number of hydrogen-bond donors (Lipinski definition) is 2. The normalized spacial score (nSPS) is 10.8. The van der Waals surface area contributed by atoms with E-state index in [9.17, 15) is 9.90 Å². The summed E-state index contributed by atoms with van der Waals surface area (Å²) in [4.78, 5) is 15.6. The third-order valence-corrected chi connectivity index (χ3v) is 2.63. The molecule has 0 unspecified atom stereocenters. The first-order valence-corrected chi connectivity index (χ1v) is 5.56. The van der Waals surface area contributed by atoms with Gasteiger partial charge in [0.15, 0.2) is 17.1 Å². The largest absolute Gasteiger partial charge is 0.504 e. The lowest BCUT2D eigenvalue weighted by Crippen LogP contribution is -2.13. The van der Waals surface area contributed by atoms with Gasteiger partial charge in [0.05, 0.1) is 0 Å². The molecule has 3 aromatic rings. The van der Waals surface area contributed by atoms with Crippen LogP contribution in [0.15, 0.2) is 35.1 Å². The first-order valence-electron chi connectivity index (χ1n) is 5.56. The van der Waals surface area contributed by atoms with Gasteiger partial charge in [0.25, 0.3) is 0 Å². The molecule has 2 heterocycles. The average Bonchev–Trinajstić information content (AvgIpc) is 2.74. The summed E-state index contributed by atoms with van der Waals surface area (Å²) in [5.74, 6) is 1.00. The van der Waals surface area contributed by atoms with Crippen LogP contribution in [0.1, 0.15) is 5.82 Å². The monoisotopic (exact) mass is 258 g/mol. The van der Waals surface area contributed by atoms with Gasteiger partial charge in [-0.25, -0.2) is 14.3 Å². The molecule has 0 saturated carbocycles. The highest BCUT2D eigenvalue weighted by Crippen LogP contribution is 2.29. The van der Waals surface area contributed by atoms with Gasteiger partial charge in [-0.3, -0.25) is 0 Å². The second-order valence-corrected chi connectivity index (χ2v) is 3.93. The van der Waals surface area contributed by atoms with Crippen molar-refractivity contribution < 1.29 is 9.84 Å². The van der Waals surface area contributed by atoms with Crippen molar-refractivity contribution in [2.45, 2.75) is 6.92 Å². The molecule has 0 aliphatic carbocycles. The van der Waals surface area contributed by atoms with Crippen LogP contribution in [-0.2, 0) is 0 Å². The Labute approximate surface area is 107 Å². The van der Waals surface area contributed by atoms with E-state index in [4.69, 9.17) is 4.74 Å². The Kier molecular flexibility index (Phi) is 2.45. The Morgan fingerprint density at radius 3 is 2.95 bits per heavy atom. The van der Waals surface area contributed by atoms with Crippen molar-refractivity contribution in [3.05, 3.63) is 46.6 Å². The van der Waals surface area contributed by atoms with Crippen LogP contribution < -0.4 is 10.4 Å². The highest BCUT2D eigenvalue weighted by molar-refractivity contribution is 5.45. The second-order valence-electron chi connectivity index (χ2n) is 3.93. The zero-order valence-electron chi connectivity index (χ0n) is 9.99. The van der Waals surface area contributed by atoms with Crippen molar-refractivity contribution in [3.8, 4) is 17.4 Å². The Hall–Kier alpha value is -2.83. The van der Waals surface area contributed by atoms with E-state index in [-0.39, 0.29) is 23.1 Å². The summed E-state index contributed by atoms with van der Waals surface area (Å²) < 4.78 is 6.81. The quantitative estimate of drug-likeness (QED) is 0.721. The molecule has 0 spiro atoms. The molecule has 3 rings (SSSR count). The van der Waals surface area contributed by atoms with Gasteiger partial charge in [-0.05, 0) is 19.1 Å². The smallest absolute Gasteiger partial charge is 0.349 e. The third kappa shape index (κ3) is 1.90. The highest BCUT2D eigenvalue weighted by Gasteiger charge is 2.09. The SMILES string of the molecule is Cc1nc(Oc2ccccc2O)cc2n[nH]c(=O)n12. The van der Waals surface area contributed by atoms with E-state index >= 15 is 0 Å². The number of aromatic hydroxyl groups is 1. The lowest BCUT2D eigenvalue weighted by molar-refractivity contribution is 0.401. The summed E-state index contributed by atoms with van der Waals surface area (Å²) in [7, 11) is 0. The third-order valence-electron chi connectivity index (χ3n) is 2.63. The zero-order valence-corrected chi connectivity index (χ0v) is 9.99. The molecular weight excluding hydrogens is 248 g/mol. The van der Waals surface area contributed by atoms with Gasteiger partial charge in [0.1, 0.15) is 5.82 Å². The molecule has 2 N–H and O–H groups in total. The molecule has 19 heavy (non-hydrogen) atoms. The van der Waals surface area contributed by atoms with Crippen LogP contribution in [0.2, 0.25) is 0 Å². The fraction of sp³-hybridized carbons (Fsp3) is 0.0833. The predicted molar refractivity (Wildman–Crippen MR) is 66.5 cm³/mol. The summed E-state index contributed by atoms with van der Waals surface area (Å²) in [5.41, 5.74) is 0.0528. The van der Waals surface area contributed by atoms with Crippen molar-refractivity contribution in [2.75, 3.05) is 0 Å². The fourth-order valence-electron chi connectivity index (χ4n) is 1.78. The van der Waals surface area contributed by atoms with E-state index in [2.05, 4.69) is 15.2 Å². The van der Waals surface area contributed by atoms with Crippen LogP contribution in [0.3, 0.4) is 0 Å². The van der Waals surface area contributed by atoms with E-state index in [0.717, 1.165) is 0 Å². The molecule has 7 heteroatoms. The minimum Gasteiger partial charge on any atom is -0.504 e. The number of aromatic amines is 1. The molecule has 0 saturated heterocycles. The van der Waals surface area contributed by atoms with E-state index in [1.54, 1.807) is 25.1 Å². The maximum absolute atomic E-state index is 11.4. The van der Waals surface area contributed by atoms with Crippen LogP contribution in [0.5, 0.6) is 17.4 Å². The second kappa shape index (κ2) is 4.13. The fourth-order valence-corrected chi connectivity index (χ4v) is 1.78. The number of phenolic OH excluding ortho intramolecular Hbond substituents is 1. The predicted octanol–water partition coefficient (Wildman–Crippen LogP) is 1.22. The molecule has 96 valence electrons. The lowest BCUT2D eigenvalue weighted by Gasteiger charge is -2.07. The number of fused-ring (bicyclic) bond motifs is 1. The number of para-hydroxylation sites is 2. The average molecular weight is 258 g/mol. The number of ether oxygens (including phenoxy) is 1. The number of H-pyrrole nitrogens is 1. The lowest BCUT2D eigenvalue weighted by atomic mass is 10.3. The van der Waals surface area contributed by atoms with Gasteiger partial charge in [-0.15, -0.1) is 0 Å². The Morgan fingerprint density at radius 2 is 2.16 bits per heavy atom.